The van der Waals surface area contributed by atoms with Gasteiger partial charge in [0, 0.05) is 14.2 Å². The average Bonchev–Trinajstić information content (AvgIpc) is 2.71. The number of carbonyl (C=O) groups excluding carboxylic acids is 1. The van der Waals surface area contributed by atoms with Gasteiger partial charge >= 0.3 is 0 Å². The van der Waals surface area contributed by atoms with E-state index in [1.807, 2.05) is 30.3 Å². The zero-order valence-electron chi connectivity index (χ0n) is 10.6. The molecule has 1 saturated heterocycles. The van der Waals surface area contributed by atoms with Gasteiger partial charge in [-0.3, -0.25) is 9.69 Å². The molecule has 18 heavy (non-hydrogen) atoms. The zero-order chi connectivity index (χ0) is 13.0. The fourth-order valence-electron chi connectivity index (χ4n) is 1.83. The number of guanidine groups is 1. The molecule has 0 aromatic heterocycles. The van der Waals surface area contributed by atoms with Gasteiger partial charge in [0.15, 0.2) is 0 Å². The molecule has 2 rings (SSSR count). The van der Waals surface area contributed by atoms with Gasteiger partial charge in [0.05, 0.1) is 13.2 Å². The maximum atomic E-state index is 11.4. The highest BCUT2D eigenvalue weighted by molar-refractivity contribution is 6.04. The molecule has 0 unspecified atom stereocenters. The molecular weight excluding hydrogens is 230 g/mol. The Morgan fingerprint density at radius 1 is 1.44 bits per heavy atom. The van der Waals surface area contributed by atoms with Crippen LogP contribution in [0.15, 0.2) is 35.3 Å². The normalized spacial score (nSPS) is 19.1. The fraction of sp³-hybridized carbons (Fsp3) is 0.385. The number of nitrogens with one attached hydrogen (secondary N) is 1. The third-order valence-corrected chi connectivity index (χ3v) is 2.88. The molecule has 0 aliphatic carbocycles. The van der Waals surface area contributed by atoms with Crippen LogP contribution in [-0.2, 0) is 9.53 Å². The number of likely N-dealkylation sites (N-methyl/N-ethyl adjacent to an activating group) is 1. The molecule has 0 spiro atoms. The van der Waals surface area contributed by atoms with Gasteiger partial charge in [0.2, 0.25) is 11.9 Å². The molecule has 0 radical (unpaired) electrons. The van der Waals surface area contributed by atoms with Gasteiger partial charge in [-0.15, -0.1) is 0 Å². The highest BCUT2D eigenvalue weighted by atomic mass is 16.5. The van der Waals surface area contributed by atoms with Crippen molar-refractivity contribution >= 4 is 11.9 Å². The van der Waals surface area contributed by atoms with Gasteiger partial charge in [0.1, 0.15) is 6.04 Å². The second-order valence-electron chi connectivity index (χ2n) is 4.14. The van der Waals surface area contributed by atoms with Crippen LogP contribution in [0.1, 0.15) is 11.6 Å². The minimum Gasteiger partial charge on any atom is -0.382 e. The van der Waals surface area contributed by atoms with E-state index in [9.17, 15) is 4.79 Å². The van der Waals surface area contributed by atoms with Gasteiger partial charge in [0.25, 0.3) is 0 Å². The molecule has 96 valence electrons. The number of benzene rings is 1. The van der Waals surface area contributed by atoms with E-state index >= 15 is 0 Å². The highest BCUT2D eigenvalue weighted by Gasteiger charge is 2.24. The largest absolute Gasteiger partial charge is 0.382 e. The lowest BCUT2D eigenvalue weighted by Gasteiger charge is -2.15. The van der Waals surface area contributed by atoms with Crippen molar-refractivity contribution in [2.75, 3.05) is 27.3 Å². The van der Waals surface area contributed by atoms with Crippen LogP contribution in [0.2, 0.25) is 0 Å². The molecule has 5 nitrogen and oxygen atoms in total. The summed E-state index contributed by atoms with van der Waals surface area (Å²) in [6.45, 7) is 0.793. The summed E-state index contributed by atoms with van der Waals surface area (Å²) in [4.78, 5) is 17.5. The number of hydrogen-bond donors (Lipinski definition) is 1. The molecule has 1 aliphatic heterocycles. The van der Waals surface area contributed by atoms with Crippen LogP contribution in [0.4, 0.5) is 0 Å². The molecule has 1 fully saturated rings. The Morgan fingerprint density at radius 3 is 2.72 bits per heavy atom. The summed E-state index contributed by atoms with van der Waals surface area (Å²) in [5.74, 6) is 0.629. The summed E-state index contributed by atoms with van der Waals surface area (Å²) in [5.41, 5.74) is 1.07. The van der Waals surface area contributed by atoms with E-state index in [4.69, 9.17) is 4.74 Å². The quantitative estimate of drug-likeness (QED) is 0.856. The third kappa shape index (κ3) is 2.68. The minimum atomic E-state index is -0.105. The van der Waals surface area contributed by atoms with Crippen molar-refractivity contribution in [2.24, 2.45) is 4.99 Å². The first-order chi connectivity index (χ1) is 8.72. The van der Waals surface area contributed by atoms with Crippen molar-refractivity contribution < 1.29 is 9.53 Å². The van der Waals surface area contributed by atoms with E-state index in [0.717, 1.165) is 5.56 Å². The Balaban J connectivity index is 2.22. The van der Waals surface area contributed by atoms with Crippen molar-refractivity contribution in [3.63, 3.8) is 0 Å². The first kappa shape index (κ1) is 12.6. The van der Waals surface area contributed by atoms with Crippen molar-refractivity contribution in [3.8, 4) is 0 Å². The van der Waals surface area contributed by atoms with E-state index in [1.165, 1.54) is 4.90 Å². The molecule has 1 aromatic carbocycles. The number of hydrogen-bond acceptors (Lipinski definition) is 3. The first-order valence-corrected chi connectivity index (χ1v) is 5.84. The van der Waals surface area contributed by atoms with Gasteiger partial charge in [-0.2, -0.15) is 0 Å². The van der Waals surface area contributed by atoms with Crippen molar-refractivity contribution in [3.05, 3.63) is 35.9 Å². The second kappa shape index (κ2) is 5.64. The van der Waals surface area contributed by atoms with Crippen LogP contribution in [0, 0.1) is 0 Å². The first-order valence-electron chi connectivity index (χ1n) is 5.84. The minimum absolute atomic E-state index is 0.0259. The maximum absolute atomic E-state index is 11.4. The van der Waals surface area contributed by atoms with E-state index in [1.54, 1.807) is 14.2 Å². The van der Waals surface area contributed by atoms with E-state index in [0.29, 0.717) is 19.1 Å². The number of rotatable bonds is 4. The number of nitrogens with zero attached hydrogens (tertiary/aromatic N) is 2. The third-order valence-electron chi connectivity index (χ3n) is 2.88. The monoisotopic (exact) mass is 247 g/mol. The Hall–Kier alpha value is -1.88. The van der Waals surface area contributed by atoms with Crippen LogP contribution < -0.4 is 5.32 Å². The molecule has 1 heterocycles. The molecule has 1 atom stereocenters. The van der Waals surface area contributed by atoms with Gasteiger partial charge in [-0.05, 0) is 5.56 Å². The lowest BCUT2D eigenvalue weighted by atomic mass is 10.1. The summed E-state index contributed by atoms with van der Waals surface area (Å²) in [6, 6.07) is 9.80. The van der Waals surface area contributed by atoms with Gasteiger partial charge in [-0.25, -0.2) is 4.99 Å². The lowest BCUT2D eigenvalue weighted by Crippen LogP contribution is -2.29. The molecule has 5 heteroatoms. The number of aliphatic imine (C=N–C) groups is 1. The standard InChI is InChI=1S/C13H17N3O2/c1-16-12(17)8-14-13(16)15-11(9-18-2)10-6-4-3-5-7-10/h3-7,11H,8-9H2,1-2H3,(H,14,15)/t11-/m0/s1. The summed E-state index contributed by atoms with van der Waals surface area (Å²) in [6.07, 6.45) is 0. The lowest BCUT2D eigenvalue weighted by molar-refractivity contribution is -0.123. The predicted octanol–water partition coefficient (Wildman–Crippen LogP) is 0.792. The number of carbonyl (C=O) groups is 1. The molecule has 0 saturated carbocycles. The molecule has 1 aliphatic rings. The predicted molar refractivity (Wildman–Crippen MR) is 69.3 cm³/mol. The van der Waals surface area contributed by atoms with Crippen LogP contribution in [0.25, 0.3) is 0 Å². The maximum Gasteiger partial charge on any atom is 0.248 e. The van der Waals surface area contributed by atoms with Crippen LogP contribution in [0.5, 0.6) is 0 Å². The summed E-state index contributed by atoms with van der Waals surface area (Å²) < 4.78 is 5.19. The van der Waals surface area contributed by atoms with E-state index < -0.39 is 0 Å². The molecular formula is C13H17N3O2. The summed E-state index contributed by atoms with van der Waals surface area (Å²) >= 11 is 0. The molecule has 0 bridgehead atoms. The highest BCUT2D eigenvalue weighted by Crippen LogP contribution is 2.18. The SMILES string of the molecule is COC[C@H](N=C1NCC(=O)N1C)c1ccccc1. The topological polar surface area (TPSA) is 53.9 Å². The van der Waals surface area contributed by atoms with E-state index in [-0.39, 0.29) is 11.9 Å². The van der Waals surface area contributed by atoms with Gasteiger partial charge in [-0.1, -0.05) is 30.3 Å². The number of amides is 1. The molecule has 1 N–H and O–H groups in total. The van der Waals surface area contributed by atoms with Crippen LogP contribution >= 0.6 is 0 Å². The van der Waals surface area contributed by atoms with Crippen molar-refractivity contribution in [1.82, 2.24) is 10.2 Å². The van der Waals surface area contributed by atoms with Gasteiger partial charge < -0.3 is 10.1 Å². The smallest absolute Gasteiger partial charge is 0.248 e. The number of ether oxygens (including phenoxy) is 1. The summed E-state index contributed by atoms with van der Waals surface area (Å²) in [5, 5.41) is 2.99. The average molecular weight is 247 g/mol. The Kier molecular flexibility index (Phi) is 3.94. The van der Waals surface area contributed by atoms with Crippen molar-refractivity contribution in [1.29, 1.82) is 0 Å². The van der Waals surface area contributed by atoms with Crippen LogP contribution in [0.3, 0.4) is 0 Å². The zero-order valence-corrected chi connectivity index (χ0v) is 10.6. The molecule has 1 aromatic rings. The van der Waals surface area contributed by atoms with E-state index in [2.05, 4.69) is 10.3 Å². The Morgan fingerprint density at radius 2 is 2.17 bits per heavy atom. The Bertz CT molecular complexity index is 445. The number of methoxy groups -OCH3 is 1. The van der Waals surface area contributed by atoms with Crippen molar-refractivity contribution in [2.45, 2.75) is 6.04 Å². The summed E-state index contributed by atoms with van der Waals surface area (Å²) in [7, 11) is 3.36. The Labute approximate surface area is 106 Å². The fourth-order valence-corrected chi connectivity index (χ4v) is 1.83. The van der Waals surface area contributed by atoms with Crippen LogP contribution in [-0.4, -0.2) is 44.1 Å². The second-order valence-corrected chi connectivity index (χ2v) is 4.14. The molecule has 1 amide bonds.